The number of carbonyl (C=O) groups excluding carboxylic acids is 2. The molecule has 8 nitrogen and oxygen atoms in total. The molecule has 2 fully saturated rings. The fourth-order valence-corrected chi connectivity index (χ4v) is 4.42. The number of piperazine rings is 1. The Hall–Kier alpha value is -3.13. The predicted octanol–water partition coefficient (Wildman–Crippen LogP) is 2.40. The number of pyridine rings is 1. The summed E-state index contributed by atoms with van der Waals surface area (Å²) in [7, 11) is 1.67. The fourth-order valence-electron chi connectivity index (χ4n) is 4.42. The van der Waals surface area contributed by atoms with E-state index in [1.807, 2.05) is 36.1 Å². The van der Waals surface area contributed by atoms with Crippen LogP contribution in [-0.4, -0.2) is 79.5 Å². The van der Waals surface area contributed by atoms with Crippen LogP contribution in [0, 0.1) is 12.8 Å². The molecule has 4 rings (SSSR count). The number of aromatic nitrogens is 1. The maximum Gasteiger partial charge on any atom is 0.236 e. The van der Waals surface area contributed by atoms with Crippen molar-refractivity contribution in [1.29, 1.82) is 0 Å². The van der Waals surface area contributed by atoms with Crippen LogP contribution in [-0.2, 0) is 9.59 Å². The van der Waals surface area contributed by atoms with Crippen molar-refractivity contribution in [3.8, 4) is 5.75 Å². The number of rotatable bonds is 6. The van der Waals surface area contributed by atoms with Gasteiger partial charge in [0.2, 0.25) is 11.8 Å². The van der Waals surface area contributed by atoms with E-state index in [1.165, 1.54) is 0 Å². The average molecular weight is 452 g/mol. The molecule has 0 atom stereocenters. The van der Waals surface area contributed by atoms with Crippen LogP contribution in [0.3, 0.4) is 0 Å². The van der Waals surface area contributed by atoms with Gasteiger partial charge in [-0.3, -0.25) is 14.5 Å². The number of carbonyl (C=O) groups is 2. The molecule has 3 heterocycles. The zero-order valence-corrected chi connectivity index (χ0v) is 19.5. The number of amides is 2. The molecule has 2 aromatic rings. The van der Waals surface area contributed by atoms with Crippen molar-refractivity contribution in [3.05, 3.63) is 48.2 Å². The Balaban J connectivity index is 1.18. The van der Waals surface area contributed by atoms with Gasteiger partial charge < -0.3 is 19.9 Å². The molecule has 0 spiro atoms. The average Bonchev–Trinajstić information content (AvgIpc) is 2.86. The number of hydrogen-bond donors (Lipinski definition) is 1. The highest BCUT2D eigenvalue weighted by Crippen LogP contribution is 2.22. The molecule has 2 amide bonds. The van der Waals surface area contributed by atoms with Gasteiger partial charge in [-0.25, -0.2) is 4.98 Å². The summed E-state index contributed by atoms with van der Waals surface area (Å²) in [6.07, 6.45) is 3.27. The summed E-state index contributed by atoms with van der Waals surface area (Å²) in [5.41, 5.74) is 2.22. The molecule has 1 N–H and O–H groups in total. The third-order valence-electron chi connectivity index (χ3n) is 6.55. The van der Waals surface area contributed by atoms with Gasteiger partial charge in [-0.15, -0.1) is 0 Å². The van der Waals surface area contributed by atoms with E-state index < -0.39 is 0 Å². The lowest BCUT2D eigenvalue weighted by Crippen LogP contribution is -2.52. The van der Waals surface area contributed by atoms with Crippen LogP contribution >= 0.6 is 0 Å². The second kappa shape index (κ2) is 10.7. The van der Waals surface area contributed by atoms with Crippen LogP contribution in [0.15, 0.2) is 42.6 Å². The first-order chi connectivity index (χ1) is 16.0. The van der Waals surface area contributed by atoms with Crippen molar-refractivity contribution < 1.29 is 14.3 Å². The Labute approximate surface area is 195 Å². The maximum atomic E-state index is 12.8. The Morgan fingerprint density at radius 1 is 1.00 bits per heavy atom. The molecule has 1 aromatic carbocycles. The number of piperidine rings is 1. The van der Waals surface area contributed by atoms with E-state index >= 15 is 0 Å². The number of nitrogens with zero attached hydrogens (tertiary/aromatic N) is 4. The van der Waals surface area contributed by atoms with Crippen molar-refractivity contribution in [2.75, 3.05) is 63.1 Å². The van der Waals surface area contributed by atoms with E-state index in [4.69, 9.17) is 4.74 Å². The van der Waals surface area contributed by atoms with Crippen molar-refractivity contribution in [1.82, 2.24) is 14.8 Å². The summed E-state index contributed by atoms with van der Waals surface area (Å²) in [4.78, 5) is 36.1. The van der Waals surface area contributed by atoms with Gasteiger partial charge >= 0.3 is 0 Å². The van der Waals surface area contributed by atoms with Gasteiger partial charge in [0, 0.05) is 44.0 Å². The standard InChI is InChI=1S/C25H33N5O3/c1-19-3-8-23(26-17-19)27-25(32)20-9-11-28(12-10-20)18-24(31)30-15-13-29(14-16-30)21-4-6-22(33-2)7-5-21/h3-8,17,20H,9-16,18H2,1-2H3,(H,26,27,32). The van der Waals surface area contributed by atoms with Gasteiger partial charge in [0.15, 0.2) is 0 Å². The molecule has 0 unspecified atom stereocenters. The minimum atomic E-state index is -0.0347. The number of ether oxygens (including phenoxy) is 1. The fraction of sp³-hybridized carbons (Fsp3) is 0.480. The number of anilines is 2. The lowest BCUT2D eigenvalue weighted by atomic mass is 9.96. The molecule has 2 aliphatic rings. The minimum Gasteiger partial charge on any atom is -0.497 e. The summed E-state index contributed by atoms with van der Waals surface area (Å²) in [5.74, 6) is 1.60. The van der Waals surface area contributed by atoms with Crippen molar-refractivity contribution >= 4 is 23.3 Å². The highest BCUT2D eigenvalue weighted by atomic mass is 16.5. The summed E-state index contributed by atoms with van der Waals surface area (Å²) in [5, 5.41) is 2.91. The van der Waals surface area contributed by atoms with E-state index in [1.54, 1.807) is 13.3 Å². The lowest BCUT2D eigenvalue weighted by Gasteiger charge is -2.38. The van der Waals surface area contributed by atoms with Gasteiger partial charge in [0.1, 0.15) is 11.6 Å². The predicted molar refractivity (Wildman–Crippen MR) is 129 cm³/mol. The smallest absolute Gasteiger partial charge is 0.236 e. The third kappa shape index (κ3) is 6.01. The van der Waals surface area contributed by atoms with E-state index in [0.29, 0.717) is 12.4 Å². The molecule has 0 bridgehead atoms. The second-order valence-electron chi connectivity index (χ2n) is 8.83. The lowest BCUT2D eigenvalue weighted by molar-refractivity contribution is -0.133. The quantitative estimate of drug-likeness (QED) is 0.727. The van der Waals surface area contributed by atoms with E-state index in [-0.39, 0.29) is 17.7 Å². The number of likely N-dealkylation sites (tertiary alicyclic amines) is 1. The number of benzene rings is 1. The van der Waals surface area contributed by atoms with Gasteiger partial charge in [-0.2, -0.15) is 0 Å². The van der Waals surface area contributed by atoms with E-state index in [9.17, 15) is 9.59 Å². The number of aryl methyl sites for hydroxylation is 1. The zero-order chi connectivity index (χ0) is 23.2. The van der Waals surface area contributed by atoms with Crippen LogP contribution < -0.4 is 15.0 Å². The summed E-state index contributed by atoms with van der Waals surface area (Å²) >= 11 is 0. The largest absolute Gasteiger partial charge is 0.497 e. The number of methoxy groups -OCH3 is 1. The normalized spacial score (nSPS) is 17.6. The van der Waals surface area contributed by atoms with Gasteiger partial charge in [-0.1, -0.05) is 6.07 Å². The van der Waals surface area contributed by atoms with Gasteiger partial charge in [0.25, 0.3) is 0 Å². The highest BCUT2D eigenvalue weighted by Gasteiger charge is 2.28. The van der Waals surface area contributed by atoms with Crippen molar-refractivity contribution in [2.45, 2.75) is 19.8 Å². The van der Waals surface area contributed by atoms with Gasteiger partial charge in [0.05, 0.1) is 13.7 Å². The molecule has 0 saturated carbocycles. The SMILES string of the molecule is COc1ccc(N2CCN(C(=O)CN3CCC(C(=O)Nc4ccc(C)cn4)CC3)CC2)cc1. The molecule has 176 valence electrons. The molecule has 2 saturated heterocycles. The topological polar surface area (TPSA) is 78.0 Å². The van der Waals surface area contributed by atoms with E-state index in [0.717, 1.165) is 69.1 Å². The molecule has 1 aromatic heterocycles. The van der Waals surface area contributed by atoms with Crippen LogP contribution in [0.2, 0.25) is 0 Å². The Bertz CT molecular complexity index is 932. The summed E-state index contributed by atoms with van der Waals surface area (Å²) in [6.45, 7) is 7.03. The first-order valence-corrected chi connectivity index (χ1v) is 11.6. The summed E-state index contributed by atoms with van der Waals surface area (Å²) in [6, 6.07) is 11.8. The third-order valence-corrected chi connectivity index (χ3v) is 6.55. The van der Waals surface area contributed by atoms with Crippen molar-refractivity contribution in [3.63, 3.8) is 0 Å². The molecule has 0 radical (unpaired) electrons. The molecule has 0 aliphatic carbocycles. The molecular formula is C25H33N5O3. The van der Waals surface area contributed by atoms with Crippen molar-refractivity contribution in [2.24, 2.45) is 5.92 Å². The van der Waals surface area contributed by atoms with E-state index in [2.05, 4.69) is 32.2 Å². The van der Waals surface area contributed by atoms with Crippen LogP contribution in [0.5, 0.6) is 5.75 Å². The first kappa shape index (κ1) is 23.0. The Morgan fingerprint density at radius 2 is 1.70 bits per heavy atom. The Morgan fingerprint density at radius 3 is 2.30 bits per heavy atom. The Kier molecular flexibility index (Phi) is 7.44. The number of hydrogen-bond acceptors (Lipinski definition) is 6. The van der Waals surface area contributed by atoms with Crippen LogP contribution in [0.25, 0.3) is 0 Å². The number of nitrogens with one attached hydrogen (secondary N) is 1. The second-order valence-corrected chi connectivity index (χ2v) is 8.83. The first-order valence-electron chi connectivity index (χ1n) is 11.6. The minimum absolute atomic E-state index is 0.0204. The maximum absolute atomic E-state index is 12.8. The molecule has 8 heteroatoms. The monoisotopic (exact) mass is 451 g/mol. The van der Waals surface area contributed by atoms with Gasteiger partial charge in [-0.05, 0) is 68.8 Å². The zero-order valence-electron chi connectivity index (χ0n) is 19.5. The molecule has 33 heavy (non-hydrogen) atoms. The highest BCUT2D eigenvalue weighted by molar-refractivity contribution is 5.91. The van der Waals surface area contributed by atoms with Crippen LogP contribution in [0.1, 0.15) is 18.4 Å². The summed E-state index contributed by atoms with van der Waals surface area (Å²) < 4.78 is 5.23. The van der Waals surface area contributed by atoms with Crippen LogP contribution in [0.4, 0.5) is 11.5 Å². The molecule has 2 aliphatic heterocycles. The molecular weight excluding hydrogens is 418 g/mol.